The molecule has 6 heteroatoms. The lowest BCUT2D eigenvalue weighted by Crippen LogP contribution is -2.01. The topological polar surface area (TPSA) is 61.1 Å². The molecular weight excluding hydrogens is 639 g/mol. The van der Waals surface area contributed by atoms with Crippen LogP contribution in [-0.4, -0.2) is 19.5 Å². The van der Waals surface area contributed by atoms with Crippen molar-refractivity contribution in [2.75, 3.05) is 0 Å². The molecule has 6 nitrogen and oxygen atoms in total. The van der Waals surface area contributed by atoms with E-state index in [-0.39, 0.29) is 0 Å². The van der Waals surface area contributed by atoms with Gasteiger partial charge in [0, 0.05) is 43.9 Å². The lowest BCUT2D eigenvalue weighted by Gasteiger charge is -2.12. The first-order chi connectivity index (χ1) is 25.7. The molecule has 0 atom stereocenters. The zero-order valence-corrected chi connectivity index (χ0v) is 27.7. The summed E-state index contributed by atoms with van der Waals surface area (Å²) in [5.41, 5.74) is 10.2. The lowest BCUT2D eigenvalue weighted by molar-refractivity contribution is 0.669. The Bertz CT molecular complexity index is 3040. The number of aromatic nitrogens is 4. The molecule has 0 aliphatic carbocycles. The summed E-state index contributed by atoms with van der Waals surface area (Å²) in [7, 11) is 0. The summed E-state index contributed by atoms with van der Waals surface area (Å²) in [5.74, 6) is 1.64. The summed E-state index contributed by atoms with van der Waals surface area (Å²) in [5, 5.41) is 4.56. The highest BCUT2D eigenvalue weighted by molar-refractivity contribution is 6.14. The third-order valence-corrected chi connectivity index (χ3v) is 9.65. The first-order valence-electron chi connectivity index (χ1n) is 17.1. The second-order valence-corrected chi connectivity index (χ2v) is 12.7. The minimum Gasteiger partial charge on any atom is -0.456 e. The van der Waals surface area contributed by atoms with Crippen LogP contribution in [0.25, 0.3) is 99.6 Å². The first-order valence-corrected chi connectivity index (χ1v) is 17.1. The van der Waals surface area contributed by atoms with Crippen LogP contribution in [0.4, 0.5) is 5.69 Å². The molecule has 10 rings (SSSR count). The zero-order chi connectivity index (χ0) is 34.6. The summed E-state index contributed by atoms with van der Waals surface area (Å²) in [6, 6.07) is 55.5. The average molecular weight is 666 g/mol. The maximum atomic E-state index is 7.55. The molecule has 3 heterocycles. The minimum atomic E-state index is 0.516. The number of hydrogen-bond acceptors (Lipinski definition) is 4. The zero-order valence-electron chi connectivity index (χ0n) is 27.7. The molecule has 0 fully saturated rings. The highest BCUT2D eigenvalue weighted by Crippen LogP contribution is 2.40. The van der Waals surface area contributed by atoms with Crippen LogP contribution in [-0.2, 0) is 0 Å². The van der Waals surface area contributed by atoms with E-state index in [4.69, 9.17) is 25.9 Å². The van der Waals surface area contributed by atoms with E-state index in [1.54, 1.807) is 6.07 Å². The van der Waals surface area contributed by atoms with E-state index in [0.717, 1.165) is 66.5 Å². The van der Waals surface area contributed by atoms with Crippen molar-refractivity contribution in [3.8, 4) is 51.0 Å². The second kappa shape index (κ2) is 11.9. The van der Waals surface area contributed by atoms with Crippen LogP contribution in [0.15, 0.2) is 168 Å². The normalized spacial score (nSPS) is 11.4. The van der Waals surface area contributed by atoms with E-state index in [0.29, 0.717) is 23.2 Å². The van der Waals surface area contributed by atoms with Crippen molar-refractivity contribution in [3.05, 3.63) is 175 Å². The Morgan fingerprint density at radius 1 is 0.462 bits per heavy atom. The Labute approximate surface area is 298 Å². The fourth-order valence-electron chi connectivity index (χ4n) is 7.28. The maximum Gasteiger partial charge on any atom is 0.187 e. The van der Waals surface area contributed by atoms with Crippen LogP contribution in [0.2, 0.25) is 0 Å². The highest BCUT2D eigenvalue weighted by Gasteiger charge is 2.18. The SMILES string of the molecule is [C-]#[N+]c1cccc(-c2nc(-c3ccccc3)nc(-c3cccc(-n4c5ccccc5c5ccc(-c6cccc7oc8ccccc8c67)cc54)c3)n2)c1. The van der Waals surface area contributed by atoms with Crippen molar-refractivity contribution in [1.82, 2.24) is 19.5 Å². The average Bonchev–Trinajstić information content (AvgIpc) is 3.77. The standard InChI is InChI=1S/C46H27N5O/c1-47-33-16-9-14-31(26-33)45-48-44(29-12-3-2-4-13-29)49-46(50-45)32-15-10-17-34(27-32)51-39-21-7-5-18-36(39)37-25-24-30(28-40(37)51)35-20-11-23-42-43(35)38-19-6-8-22-41(38)52-42/h2-28H. The molecule has 52 heavy (non-hydrogen) atoms. The van der Waals surface area contributed by atoms with Gasteiger partial charge in [-0.05, 0) is 53.6 Å². The molecule has 7 aromatic carbocycles. The van der Waals surface area contributed by atoms with Gasteiger partial charge in [0.1, 0.15) is 11.2 Å². The number of hydrogen-bond donors (Lipinski definition) is 0. The fraction of sp³-hybridized carbons (Fsp3) is 0. The molecule has 0 saturated heterocycles. The Balaban J connectivity index is 1.17. The lowest BCUT2D eigenvalue weighted by atomic mass is 9.98. The van der Waals surface area contributed by atoms with Crippen LogP contribution in [0.3, 0.4) is 0 Å². The van der Waals surface area contributed by atoms with Crippen LogP contribution >= 0.6 is 0 Å². The van der Waals surface area contributed by atoms with E-state index in [1.807, 2.05) is 72.8 Å². The smallest absolute Gasteiger partial charge is 0.187 e. The Kier molecular flexibility index (Phi) is 6.76. The van der Waals surface area contributed by atoms with Crippen LogP contribution in [0.1, 0.15) is 0 Å². The molecule has 3 aromatic heterocycles. The van der Waals surface area contributed by atoms with Crippen LogP contribution in [0.5, 0.6) is 0 Å². The first kappa shape index (κ1) is 29.5. The van der Waals surface area contributed by atoms with E-state index < -0.39 is 0 Å². The molecule has 0 amide bonds. The summed E-state index contributed by atoms with van der Waals surface area (Å²) in [6.45, 7) is 7.55. The number of para-hydroxylation sites is 2. The summed E-state index contributed by atoms with van der Waals surface area (Å²) < 4.78 is 8.57. The van der Waals surface area contributed by atoms with Gasteiger partial charge in [-0.2, -0.15) is 0 Å². The third kappa shape index (κ3) is 4.84. The van der Waals surface area contributed by atoms with Crippen molar-refractivity contribution in [2.24, 2.45) is 0 Å². The van der Waals surface area contributed by atoms with Crippen molar-refractivity contribution >= 4 is 49.4 Å². The predicted molar refractivity (Wildman–Crippen MR) is 209 cm³/mol. The Morgan fingerprint density at radius 3 is 1.92 bits per heavy atom. The van der Waals surface area contributed by atoms with Crippen molar-refractivity contribution in [2.45, 2.75) is 0 Å². The van der Waals surface area contributed by atoms with Crippen molar-refractivity contribution < 1.29 is 4.42 Å². The molecule has 0 aliphatic rings. The molecule has 0 aliphatic heterocycles. The van der Waals surface area contributed by atoms with Gasteiger partial charge in [-0.25, -0.2) is 19.8 Å². The fourth-order valence-corrected chi connectivity index (χ4v) is 7.28. The second-order valence-electron chi connectivity index (χ2n) is 12.7. The van der Waals surface area contributed by atoms with Gasteiger partial charge in [0.15, 0.2) is 23.2 Å². The van der Waals surface area contributed by atoms with Gasteiger partial charge >= 0.3 is 0 Å². The molecule has 10 aromatic rings. The highest BCUT2D eigenvalue weighted by atomic mass is 16.3. The molecule has 0 N–H and O–H groups in total. The van der Waals surface area contributed by atoms with Crippen molar-refractivity contribution in [1.29, 1.82) is 0 Å². The van der Waals surface area contributed by atoms with Gasteiger partial charge in [-0.1, -0.05) is 121 Å². The molecular formula is C46H27N5O. The number of nitrogens with zero attached hydrogens (tertiary/aromatic N) is 5. The molecule has 0 saturated carbocycles. The number of benzene rings is 7. The van der Waals surface area contributed by atoms with E-state index in [2.05, 4.69) is 94.3 Å². The van der Waals surface area contributed by atoms with Gasteiger partial charge in [0.2, 0.25) is 0 Å². The number of fused-ring (bicyclic) bond motifs is 6. The molecule has 0 spiro atoms. The van der Waals surface area contributed by atoms with E-state index in [9.17, 15) is 0 Å². The Hall–Kier alpha value is -7.36. The van der Waals surface area contributed by atoms with Crippen LogP contribution < -0.4 is 0 Å². The monoisotopic (exact) mass is 665 g/mol. The van der Waals surface area contributed by atoms with E-state index >= 15 is 0 Å². The summed E-state index contributed by atoms with van der Waals surface area (Å²) in [6.07, 6.45) is 0. The largest absolute Gasteiger partial charge is 0.456 e. The maximum absolute atomic E-state index is 7.55. The third-order valence-electron chi connectivity index (χ3n) is 9.65. The van der Waals surface area contributed by atoms with Gasteiger partial charge in [-0.3, -0.25) is 0 Å². The summed E-state index contributed by atoms with van der Waals surface area (Å²) >= 11 is 0. The van der Waals surface area contributed by atoms with Gasteiger partial charge in [0.25, 0.3) is 0 Å². The van der Waals surface area contributed by atoms with Gasteiger partial charge in [-0.15, -0.1) is 0 Å². The number of furan rings is 1. The summed E-state index contributed by atoms with van der Waals surface area (Å²) in [4.78, 5) is 18.5. The van der Waals surface area contributed by atoms with E-state index in [1.165, 1.54) is 10.8 Å². The predicted octanol–water partition coefficient (Wildman–Crippen LogP) is 12.1. The Morgan fingerprint density at radius 2 is 1.10 bits per heavy atom. The molecule has 242 valence electrons. The van der Waals surface area contributed by atoms with Crippen molar-refractivity contribution in [3.63, 3.8) is 0 Å². The number of rotatable bonds is 5. The molecule has 0 radical (unpaired) electrons. The minimum absolute atomic E-state index is 0.516. The van der Waals surface area contributed by atoms with Gasteiger partial charge in [0.05, 0.1) is 17.6 Å². The quantitative estimate of drug-likeness (QED) is 0.172. The molecule has 0 bridgehead atoms. The van der Waals surface area contributed by atoms with Gasteiger partial charge < -0.3 is 8.98 Å². The molecule has 0 unspecified atom stereocenters. The van der Waals surface area contributed by atoms with Crippen LogP contribution in [0, 0.1) is 6.57 Å².